The van der Waals surface area contributed by atoms with Gasteiger partial charge >= 0.3 is 0 Å². The Morgan fingerprint density at radius 3 is 2.45 bits per heavy atom. The minimum absolute atomic E-state index is 0.355. The molecule has 0 radical (unpaired) electrons. The third-order valence-electron chi connectivity index (χ3n) is 3.60. The van der Waals surface area contributed by atoms with Crippen molar-refractivity contribution in [1.29, 1.82) is 0 Å². The lowest BCUT2D eigenvalue weighted by Crippen LogP contribution is -2.16. The monoisotopic (exact) mass is 269 g/mol. The number of aryl methyl sites for hydroxylation is 1. The summed E-state index contributed by atoms with van der Waals surface area (Å²) < 4.78 is 5.54. The first-order valence-electron chi connectivity index (χ1n) is 7.22. The van der Waals surface area contributed by atoms with Crippen molar-refractivity contribution in [3.05, 3.63) is 65.2 Å². The lowest BCUT2D eigenvalue weighted by Gasteiger charge is -2.18. The van der Waals surface area contributed by atoms with Crippen LogP contribution in [0.25, 0.3) is 0 Å². The Labute approximate surface area is 121 Å². The van der Waals surface area contributed by atoms with Crippen molar-refractivity contribution in [3.8, 4) is 5.75 Å². The molecule has 2 nitrogen and oxygen atoms in total. The van der Waals surface area contributed by atoms with Crippen LogP contribution in [-0.4, -0.2) is 13.2 Å². The highest BCUT2D eigenvalue weighted by Gasteiger charge is 2.13. The van der Waals surface area contributed by atoms with E-state index >= 15 is 0 Å². The van der Waals surface area contributed by atoms with Gasteiger partial charge in [-0.25, -0.2) is 0 Å². The Balaban J connectivity index is 2.19. The molecule has 20 heavy (non-hydrogen) atoms. The summed E-state index contributed by atoms with van der Waals surface area (Å²) >= 11 is 0. The smallest absolute Gasteiger partial charge is 0.119 e. The zero-order chi connectivity index (χ0) is 14.4. The fourth-order valence-electron chi connectivity index (χ4n) is 2.58. The molecule has 2 heteroatoms. The van der Waals surface area contributed by atoms with Gasteiger partial charge in [0.2, 0.25) is 0 Å². The summed E-state index contributed by atoms with van der Waals surface area (Å²) in [6.45, 7) is 5.49. The SMILES string of the molecule is CCOc1ccc(C(CN)Cc2ccccc2)c(C)c1. The van der Waals surface area contributed by atoms with E-state index in [0.29, 0.717) is 19.1 Å². The van der Waals surface area contributed by atoms with E-state index in [0.717, 1.165) is 12.2 Å². The summed E-state index contributed by atoms with van der Waals surface area (Å²) in [7, 11) is 0. The zero-order valence-corrected chi connectivity index (χ0v) is 12.3. The van der Waals surface area contributed by atoms with Crippen LogP contribution in [0.3, 0.4) is 0 Å². The molecule has 0 amide bonds. The van der Waals surface area contributed by atoms with Gasteiger partial charge in [-0.1, -0.05) is 36.4 Å². The number of rotatable bonds is 6. The molecular formula is C18H23NO. The van der Waals surface area contributed by atoms with Crippen LogP contribution >= 0.6 is 0 Å². The highest BCUT2D eigenvalue weighted by atomic mass is 16.5. The van der Waals surface area contributed by atoms with Crippen LogP contribution in [0.4, 0.5) is 0 Å². The molecule has 0 heterocycles. The molecule has 106 valence electrons. The van der Waals surface area contributed by atoms with Crippen LogP contribution in [0.2, 0.25) is 0 Å². The predicted octanol–water partition coefficient (Wildman–Crippen LogP) is 3.68. The summed E-state index contributed by atoms with van der Waals surface area (Å²) in [5.41, 5.74) is 9.89. The zero-order valence-electron chi connectivity index (χ0n) is 12.3. The van der Waals surface area contributed by atoms with E-state index in [2.05, 4.69) is 43.3 Å². The molecule has 1 atom stereocenters. The summed E-state index contributed by atoms with van der Waals surface area (Å²) in [5.74, 6) is 1.29. The van der Waals surface area contributed by atoms with E-state index in [-0.39, 0.29) is 0 Å². The van der Waals surface area contributed by atoms with E-state index in [1.807, 2.05) is 19.1 Å². The largest absolute Gasteiger partial charge is 0.494 e. The molecule has 0 saturated carbocycles. The van der Waals surface area contributed by atoms with Crippen molar-refractivity contribution in [3.63, 3.8) is 0 Å². The average Bonchev–Trinajstić information content (AvgIpc) is 2.47. The van der Waals surface area contributed by atoms with Gasteiger partial charge in [0.15, 0.2) is 0 Å². The Bertz CT molecular complexity index is 536. The molecule has 0 fully saturated rings. The van der Waals surface area contributed by atoms with Gasteiger partial charge in [0, 0.05) is 5.92 Å². The van der Waals surface area contributed by atoms with Gasteiger partial charge in [0.05, 0.1) is 6.61 Å². The maximum atomic E-state index is 5.99. The second kappa shape index (κ2) is 7.11. The highest BCUT2D eigenvalue weighted by molar-refractivity contribution is 5.38. The predicted molar refractivity (Wildman–Crippen MR) is 84.3 cm³/mol. The minimum atomic E-state index is 0.355. The Morgan fingerprint density at radius 1 is 1.10 bits per heavy atom. The standard InChI is InChI=1S/C18H23NO/c1-3-20-17-9-10-18(14(2)11-17)16(13-19)12-15-7-5-4-6-8-15/h4-11,16H,3,12-13,19H2,1-2H3. The Morgan fingerprint density at radius 2 is 1.85 bits per heavy atom. The van der Waals surface area contributed by atoms with Gasteiger partial charge in [0.25, 0.3) is 0 Å². The van der Waals surface area contributed by atoms with Gasteiger partial charge in [-0.2, -0.15) is 0 Å². The Kier molecular flexibility index (Phi) is 5.19. The fourth-order valence-corrected chi connectivity index (χ4v) is 2.58. The second-order valence-corrected chi connectivity index (χ2v) is 5.07. The maximum absolute atomic E-state index is 5.99. The molecule has 0 bridgehead atoms. The average molecular weight is 269 g/mol. The van der Waals surface area contributed by atoms with Gasteiger partial charge < -0.3 is 10.5 Å². The van der Waals surface area contributed by atoms with Crippen molar-refractivity contribution in [2.45, 2.75) is 26.2 Å². The van der Waals surface area contributed by atoms with Crippen LogP contribution in [0.1, 0.15) is 29.5 Å². The summed E-state index contributed by atoms with van der Waals surface area (Å²) in [6.07, 6.45) is 0.978. The Hall–Kier alpha value is -1.80. The highest BCUT2D eigenvalue weighted by Crippen LogP contribution is 2.26. The first-order valence-corrected chi connectivity index (χ1v) is 7.22. The molecule has 2 aromatic rings. The van der Waals surface area contributed by atoms with Crippen LogP contribution < -0.4 is 10.5 Å². The molecule has 2 N–H and O–H groups in total. The first-order chi connectivity index (χ1) is 9.74. The van der Waals surface area contributed by atoms with Gasteiger partial charge in [0.1, 0.15) is 5.75 Å². The quantitative estimate of drug-likeness (QED) is 0.868. The molecule has 0 saturated heterocycles. The third kappa shape index (κ3) is 3.61. The van der Waals surface area contributed by atoms with Crippen molar-refractivity contribution in [2.24, 2.45) is 5.73 Å². The van der Waals surface area contributed by atoms with Crippen molar-refractivity contribution >= 4 is 0 Å². The van der Waals surface area contributed by atoms with Crippen LogP contribution in [-0.2, 0) is 6.42 Å². The van der Waals surface area contributed by atoms with E-state index in [1.165, 1.54) is 16.7 Å². The van der Waals surface area contributed by atoms with Gasteiger partial charge in [-0.05, 0) is 55.6 Å². The third-order valence-corrected chi connectivity index (χ3v) is 3.60. The molecule has 0 aliphatic rings. The molecule has 0 spiro atoms. The van der Waals surface area contributed by atoms with Crippen molar-refractivity contribution in [1.82, 2.24) is 0 Å². The van der Waals surface area contributed by atoms with E-state index in [1.54, 1.807) is 0 Å². The van der Waals surface area contributed by atoms with Crippen LogP contribution in [0.5, 0.6) is 5.75 Å². The van der Waals surface area contributed by atoms with Gasteiger partial charge in [-0.15, -0.1) is 0 Å². The normalized spacial score (nSPS) is 12.2. The molecular weight excluding hydrogens is 246 g/mol. The molecule has 0 aliphatic heterocycles. The summed E-state index contributed by atoms with van der Waals surface area (Å²) in [6, 6.07) is 16.8. The summed E-state index contributed by atoms with van der Waals surface area (Å²) in [5, 5.41) is 0. The van der Waals surface area contributed by atoms with Gasteiger partial charge in [-0.3, -0.25) is 0 Å². The lowest BCUT2D eigenvalue weighted by molar-refractivity contribution is 0.340. The molecule has 1 unspecified atom stereocenters. The lowest BCUT2D eigenvalue weighted by atomic mass is 9.89. The van der Waals surface area contributed by atoms with E-state index in [4.69, 9.17) is 10.5 Å². The van der Waals surface area contributed by atoms with Crippen molar-refractivity contribution < 1.29 is 4.74 Å². The van der Waals surface area contributed by atoms with Crippen molar-refractivity contribution in [2.75, 3.05) is 13.2 Å². The van der Waals surface area contributed by atoms with Crippen LogP contribution in [0, 0.1) is 6.92 Å². The number of ether oxygens (including phenoxy) is 1. The summed E-state index contributed by atoms with van der Waals surface area (Å²) in [4.78, 5) is 0. The maximum Gasteiger partial charge on any atom is 0.119 e. The second-order valence-electron chi connectivity index (χ2n) is 5.07. The van der Waals surface area contributed by atoms with E-state index in [9.17, 15) is 0 Å². The first kappa shape index (κ1) is 14.6. The topological polar surface area (TPSA) is 35.2 Å². The molecule has 2 rings (SSSR count). The molecule has 0 aromatic heterocycles. The molecule has 2 aromatic carbocycles. The fraction of sp³-hybridized carbons (Fsp3) is 0.333. The minimum Gasteiger partial charge on any atom is -0.494 e. The number of hydrogen-bond acceptors (Lipinski definition) is 2. The number of nitrogens with two attached hydrogens (primary N) is 1. The van der Waals surface area contributed by atoms with Crippen LogP contribution in [0.15, 0.2) is 48.5 Å². The van der Waals surface area contributed by atoms with E-state index < -0.39 is 0 Å². The number of benzene rings is 2. The molecule has 0 aliphatic carbocycles. The number of hydrogen-bond donors (Lipinski definition) is 1.